The van der Waals surface area contributed by atoms with Crippen molar-refractivity contribution in [3.8, 4) is 0 Å². The summed E-state index contributed by atoms with van der Waals surface area (Å²) >= 11 is 0. The van der Waals surface area contributed by atoms with Gasteiger partial charge < -0.3 is 9.80 Å². The molecule has 2 saturated heterocycles. The van der Waals surface area contributed by atoms with Crippen LogP contribution in [0, 0.1) is 17.3 Å². The largest absolute Gasteiger partial charge is 0.342 e. The lowest BCUT2D eigenvalue weighted by Gasteiger charge is -2.54. The summed E-state index contributed by atoms with van der Waals surface area (Å²) in [7, 11) is 0. The van der Waals surface area contributed by atoms with Crippen molar-refractivity contribution in [1.82, 2.24) is 9.80 Å². The zero-order valence-electron chi connectivity index (χ0n) is 12.6. The van der Waals surface area contributed by atoms with Crippen molar-refractivity contribution in [3.05, 3.63) is 0 Å². The molecule has 1 spiro atoms. The second-order valence-corrected chi connectivity index (χ2v) is 6.83. The van der Waals surface area contributed by atoms with Crippen molar-refractivity contribution in [3.63, 3.8) is 0 Å². The average Bonchev–Trinajstić information content (AvgIpc) is 2.34. The summed E-state index contributed by atoms with van der Waals surface area (Å²) < 4.78 is 0. The summed E-state index contributed by atoms with van der Waals surface area (Å²) in [5, 5.41) is 0. The molecule has 0 atom stereocenters. The fourth-order valence-electron chi connectivity index (χ4n) is 3.17. The number of rotatable bonds is 2. The molecular formula is C15H26N2O2. The smallest absolute Gasteiger partial charge is 0.225 e. The Hall–Kier alpha value is -1.06. The monoisotopic (exact) mass is 266 g/mol. The second kappa shape index (κ2) is 5.14. The van der Waals surface area contributed by atoms with Crippen LogP contribution in [-0.2, 0) is 9.59 Å². The van der Waals surface area contributed by atoms with Crippen LogP contribution in [0.25, 0.3) is 0 Å². The van der Waals surface area contributed by atoms with Crippen molar-refractivity contribution in [2.24, 2.45) is 17.3 Å². The summed E-state index contributed by atoms with van der Waals surface area (Å²) in [5.74, 6) is 0.727. The SMILES string of the molecule is CC(C)C(=O)N1CCC2(CC1)CN(C(=O)C(C)C)C2. The van der Waals surface area contributed by atoms with Crippen LogP contribution in [0.3, 0.4) is 0 Å². The van der Waals surface area contributed by atoms with E-state index in [1.54, 1.807) is 0 Å². The molecule has 2 aliphatic rings. The predicted octanol–water partition coefficient (Wildman–Crippen LogP) is 1.75. The third kappa shape index (κ3) is 2.77. The van der Waals surface area contributed by atoms with E-state index in [1.807, 2.05) is 37.5 Å². The topological polar surface area (TPSA) is 40.6 Å². The van der Waals surface area contributed by atoms with Gasteiger partial charge in [-0.05, 0) is 12.8 Å². The van der Waals surface area contributed by atoms with Crippen LogP contribution in [0.4, 0.5) is 0 Å². The van der Waals surface area contributed by atoms with Gasteiger partial charge in [-0.3, -0.25) is 9.59 Å². The van der Waals surface area contributed by atoms with Gasteiger partial charge in [0.05, 0.1) is 0 Å². The molecule has 2 amide bonds. The Kier molecular flexibility index (Phi) is 3.88. The van der Waals surface area contributed by atoms with Crippen LogP contribution in [-0.4, -0.2) is 47.8 Å². The first-order valence-corrected chi connectivity index (χ1v) is 7.42. The number of carbonyl (C=O) groups is 2. The number of hydrogen-bond acceptors (Lipinski definition) is 2. The summed E-state index contributed by atoms with van der Waals surface area (Å²) in [5.41, 5.74) is 0.304. The fourth-order valence-corrected chi connectivity index (χ4v) is 3.17. The highest BCUT2D eigenvalue weighted by atomic mass is 16.2. The first-order chi connectivity index (χ1) is 8.84. The highest BCUT2D eigenvalue weighted by Gasteiger charge is 2.47. The van der Waals surface area contributed by atoms with Crippen molar-refractivity contribution in [1.29, 1.82) is 0 Å². The number of hydrogen-bond donors (Lipinski definition) is 0. The van der Waals surface area contributed by atoms with Gasteiger partial charge in [0.15, 0.2) is 0 Å². The summed E-state index contributed by atoms with van der Waals surface area (Å²) in [6.45, 7) is 11.3. The average molecular weight is 266 g/mol. The van der Waals surface area contributed by atoms with E-state index >= 15 is 0 Å². The summed E-state index contributed by atoms with van der Waals surface area (Å²) in [6.07, 6.45) is 2.10. The van der Waals surface area contributed by atoms with Gasteiger partial charge >= 0.3 is 0 Å². The molecule has 2 heterocycles. The normalized spacial score (nSPS) is 22.0. The highest BCUT2D eigenvalue weighted by molar-refractivity contribution is 5.79. The minimum absolute atomic E-state index is 0.0921. The van der Waals surface area contributed by atoms with Crippen LogP contribution >= 0.6 is 0 Å². The zero-order valence-corrected chi connectivity index (χ0v) is 12.6. The standard InChI is InChI=1S/C15H26N2O2/c1-11(2)13(18)16-7-5-15(6-8-16)9-17(10-15)14(19)12(3)4/h11-12H,5-10H2,1-4H3. The molecule has 0 unspecified atom stereocenters. The minimum atomic E-state index is 0.0921. The number of piperidine rings is 1. The molecule has 0 aromatic heterocycles. The predicted molar refractivity (Wildman–Crippen MR) is 74.5 cm³/mol. The molecule has 0 radical (unpaired) electrons. The molecule has 0 aromatic rings. The molecule has 4 nitrogen and oxygen atoms in total. The van der Waals surface area contributed by atoms with Crippen molar-refractivity contribution < 1.29 is 9.59 Å². The Bertz CT molecular complexity index is 360. The molecule has 0 aliphatic carbocycles. The Morgan fingerprint density at radius 2 is 1.26 bits per heavy atom. The number of likely N-dealkylation sites (tertiary alicyclic amines) is 2. The Balaban J connectivity index is 1.82. The summed E-state index contributed by atoms with van der Waals surface area (Å²) in [6, 6.07) is 0. The maximum absolute atomic E-state index is 11.9. The van der Waals surface area contributed by atoms with Gasteiger partial charge in [-0.2, -0.15) is 0 Å². The molecule has 108 valence electrons. The molecule has 0 bridgehead atoms. The quantitative estimate of drug-likeness (QED) is 0.764. The minimum Gasteiger partial charge on any atom is -0.342 e. The lowest BCUT2D eigenvalue weighted by Crippen LogP contribution is -2.63. The van der Waals surface area contributed by atoms with E-state index in [0.717, 1.165) is 39.0 Å². The van der Waals surface area contributed by atoms with Crippen molar-refractivity contribution >= 4 is 11.8 Å². The van der Waals surface area contributed by atoms with Gasteiger partial charge in [-0.1, -0.05) is 27.7 Å². The molecule has 2 rings (SSSR count). The van der Waals surface area contributed by atoms with Gasteiger partial charge in [0.25, 0.3) is 0 Å². The lowest BCUT2D eigenvalue weighted by molar-refractivity contribution is -0.153. The van der Waals surface area contributed by atoms with Gasteiger partial charge in [0.1, 0.15) is 0 Å². The van der Waals surface area contributed by atoms with E-state index in [1.165, 1.54) is 0 Å². The van der Waals surface area contributed by atoms with E-state index < -0.39 is 0 Å². The van der Waals surface area contributed by atoms with Gasteiger partial charge in [-0.25, -0.2) is 0 Å². The summed E-state index contributed by atoms with van der Waals surface area (Å²) in [4.78, 5) is 27.8. The Morgan fingerprint density at radius 3 is 1.68 bits per heavy atom. The van der Waals surface area contributed by atoms with Crippen molar-refractivity contribution in [2.45, 2.75) is 40.5 Å². The Labute approximate surface area is 116 Å². The van der Waals surface area contributed by atoms with Crippen LogP contribution in [0.1, 0.15) is 40.5 Å². The van der Waals surface area contributed by atoms with E-state index in [4.69, 9.17) is 0 Å². The third-order valence-corrected chi connectivity index (χ3v) is 4.49. The number of nitrogens with zero attached hydrogens (tertiary/aromatic N) is 2. The van der Waals surface area contributed by atoms with Crippen LogP contribution < -0.4 is 0 Å². The fraction of sp³-hybridized carbons (Fsp3) is 0.867. The van der Waals surface area contributed by atoms with Crippen molar-refractivity contribution in [2.75, 3.05) is 26.2 Å². The highest BCUT2D eigenvalue weighted by Crippen LogP contribution is 2.41. The van der Waals surface area contributed by atoms with Crippen LogP contribution in [0.2, 0.25) is 0 Å². The maximum Gasteiger partial charge on any atom is 0.225 e. The van der Waals surface area contributed by atoms with Gasteiger partial charge in [0, 0.05) is 43.4 Å². The molecule has 0 aromatic carbocycles. The molecule has 0 N–H and O–H groups in total. The first kappa shape index (κ1) is 14.4. The van der Waals surface area contributed by atoms with Gasteiger partial charge in [-0.15, -0.1) is 0 Å². The molecule has 0 saturated carbocycles. The van der Waals surface area contributed by atoms with E-state index in [2.05, 4.69) is 0 Å². The zero-order chi connectivity index (χ0) is 14.2. The first-order valence-electron chi connectivity index (χ1n) is 7.42. The maximum atomic E-state index is 11.9. The molecule has 4 heteroatoms. The van der Waals surface area contributed by atoms with E-state index in [0.29, 0.717) is 5.41 Å². The molecular weight excluding hydrogens is 240 g/mol. The Morgan fingerprint density at radius 1 is 0.842 bits per heavy atom. The molecule has 2 aliphatic heterocycles. The number of amides is 2. The van der Waals surface area contributed by atoms with E-state index in [9.17, 15) is 9.59 Å². The lowest BCUT2D eigenvalue weighted by atomic mass is 9.71. The third-order valence-electron chi connectivity index (χ3n) is 4.49. The van der Waals surface area contributed by atoms with Gasteiger partial charge in [0.2, 0.25) is 11.8 Å². The van der Waals surface area contributed by atoms with Crippen LogP contribution in [0.5, 0.6) is 0 Å². The number of carbonyl (C=O) groups excluding carboxylic acids is 2. The van der Waals surface area contributed by atoms with Crippen LogP contribution in [0.15, 0.2) is 0 Å². The second-order valence-electron chi connectivity index (χ2n) is 6.83. The molecule has 2 fully saturated rings. The molecule has 19 heavy (non-hydrogen) atoms. The van der Waals surface area contributed by atoms with E-state index in [-0.39, 0.29) is 23.7 Å².